The maximum absolute atomic E-state index is 11.9. The number of carbonyl (C=O) groups excluding carboxylic acids is 2. The van der Waals surface area contributed by atoms with Crippen LogP contribution >= 0.6 is 0 Å². The van der Waals surface area contributed by atoms with Gasteiger partial charge in [0, 0.05) is 19.6 Å². The molecule has 2 N–H and O–H groups in total. The van der Waals surface area contributed by atoms with Crippen molar-refractivity contribution >= 4 is 11.9 Å². The number of benzene rings is 1. The monoisotopic (exact) mass is 337 g/mol. The van der Waals surface area contributed by atoms with Crippen LogP contribution in [-0.4, -0.2) is 43.9 Å². The lowest BCUT2D eigenvalue weighted by Gasteiger charge is -2.16. The Morgan fingerprint density at radius 2 is 1.88 bits per heavy atom. The van der Waals surface area contributed by atoms with Crippen LogP contribution in [0.15, 0.2) is 24.3 Å². The number of carbonyl (C=O) groups is 2. The van der Waals surface area contributed by atoms with Crippen LogP contribution in [0.25, 0.3) is 0 Å². The van der Waals surface area contributed by atoms with E-state index >= 15 is 0 Å². The zero-order chi connectivity index (χ0) is 17.9. The maximum atomic E-state index is 11.9. The summed E-state index contributed by atoms with van der Waals surface area (Å²) < 4.78 is 10.2. The third-order valence-electron chi connectivity index (χ3n) is 3.42. The molecule has 24 heavy (non-hydrogen) atoms. The van der Waals surface area contributed by atoms with Crippen LogP contribution in [0.4, 0.5) is 0 Å². The second kappa shape index (κ2) is 10.6. The molecule has 6 heteroatoms. The Kier molecular flexibility index (Phi) is 8.86. The number of ether oxygens (including phenoxy) is 2. The van der Waals surface area contributed by atoms with Gasteiger partial charge in [-0.3, -0.25) is 9.59 Å². The highest BCUT2D eigenvalue weighted by atomic mass is 16.5. The SMILES string of the molecule is COC(=O)C(CNC(=O)CCOCC(C)C)Cc1ccc(O)cc1. The molecule has 0 saturated carbocycles. The van der Waals surface area contributed by atoms with E-state index in [1.54, 1.807) is 24.3 Å². The first-order valence-corrected chi connectivity index (χ1v) is 8.12. The minimum absolute atomic E-state index is 0.154. The molecule has 0 spiro atoms. The molecule has 1 rings (SSSR count). The fourth-order valence-corrected chi connectivity index (χ4v) is 2.13. The van der Waals surface area contributed by atoms with Gasteiger partial charge in [-0.1, -0.05) is 26.0 Å². The smallest absolute Gasteiger partial charge is 0.310 e. The van der Waals surface area contributed by atoms with Gasteiger partial charge < -0.3 is 19.9 Å². The second-order valence-electron chi connectivity index (χ2n) is 6.11. The molecule has 0 bridgehead atoms. The molecular formula is C18H27NO5. The summed E-state index contributed by atoms with van der Waals surface area (Å²) in [6.07, 6.45) is 0.691. The number of esters is 1. The fourth-order valence-electron chi connectivity index (χ4n) is 2.13. The zero-order valence-electron chi connectivity index (χ0n) is 14.6. The van der Waals surface area contributed by atoms with Crippen molar-refractivity contribution in [3.8, 4) is 5.75 Å². The highest BCUT2D eigenvalue weighted by Crippen LogP contribution is 2.14. The van der Waals surface area contributed by atoms with E-state index < -0.39 is 5.92 Å². The summed E-state index contributed by atoms with van der Waals surface area (Å²) in [4.78, 5) is 23.7. The summed E-state index contributed by atoms with van der Waals surface area (Å²) >= 11 is 0. The Labute approximate surface area is 143 Å². The highest BCUT2D eigenvalue weighted by molar-refractivity contribution is 5.78. The molecule has 0 heterocycles. The number of amides is 1. The van der Waals surface area contributed by atoms with Gasteiger partial charge in [0.05, 0.1) is 19.6 Å². The van der Waals surface area contributed by atoms with Crippen molar-refractivity contribution < 1.29 is 24.2 Å². The molecule has 1 amide bonds. The molecule has 0 fully saturated rings. The van der Waals surface area contributed by atoms with Crippen LogP contribution in [-0.2, 0) is 25.5 Å². The Morgan fingerprint density at radius 3 is 2.46 bits per heavy atom. The maximum Gasteiger partial charge on any atom is 0.310 e. The Balaban J connectivity index is 2.44. The zero-order valence-corrected chi connectivity index (χ0v) is 14.6. The molecule has 134 valence electrons. The molecule has 1 aromatic rings. The molecule has 1 unspecified atom stereocenters. The number of phenolic OH excluding ortho intramolecular Hbond substituents is 1. The van der Waals surface area contributed by atoms with Gasteiger partial charge in [0.1, 0.15) is 5.75 Å². The summed E-state index contributed by atoms with van der Waals surface area (Å²) in [5.74, 6) is -0.400. The van der Waals surface area contributed by atoms with Crippen molar-refractivity contribution in [2.24, 2.45) is 11.8 Å². The molecule has 0 saturated heterocycles. The van der Waals surface area contributed by atoms with E-state index in [4.69, 9.17) is 9.47 Å². The number of rotatable bonds is 10. The van der Waals surface area contributed by atoms with E-state index in [1.807, 2.05) is 13.8 Å². The number of aromatic hydroxyl groups is 1. The Morgan fingerprint density at radius 1 is 1.21 bits per heavy atom. The molecule has 1 aromatic carbocycles. The van der Waals surface area contributed by atoms with Crippen molar-refractivity contribution in [2.45, 2.75) is 26.7 Å². The van der Waals surface area contributed by atoms with Crippen LogP contribution in [0.5, 0.6) is 5.75 Å². The first-order chi connectivity index (χ1) is 11.4. The van der Waals surface area contributed by atoms with E-state index in [-0.39, 0.29) is 30.6 Å². The van der Waals surface area contributed by atoms with Crippen molar-refractivity contribution in [2.75, 3.05) is 26.9 Å². The standard InChI is InChI=1S/C18H27NO5/c1-13(2)12-24-9-8-17(21)19-11-15(18(22)23-3)10-14-4-6-16(20)7-5-14/h4-7,13,15,20H,8-12H2,1-3H3,(H,19,21). The van der Waals surface area contributed by atoms with Crippen molar-refractivity contribution in [1.82, 2.24) is 5.32 Å². The summed E-state index contributed by atoms with van der Waals surface area (Å²) in [6, 6.07) is 6.61. The fraction of sp³-hybridized carbons (Fsp3) is 0.556. The second-order valence-corrected chi connectivity index (χ2v) is 6.11. The van der Waals surface area contributed by atoms with E-state index in [2.05, 4.69) is 5.32 Å². The van der Waals surface area contributed by atoms with Crippen molar-refractivity contribution in [3.05, 3.63) is 29.8 Å². The number of hydrogen-bond donors (Lipinski definition) is 2. The predicted octanol–water partition coefficient (Wildman–Crippen LogP) is 1.90. The summed E-state index contributed by atoms with van der Waals surface area (Å²) in [6.45, 7) is 5.29. The molecule has 1 atom stereocenters. The predicted molar refractivity (Wildman–Crippen MR) is 90.6 cm³/mol. The van der Waals surface area contributed by atoms with Crippen molar-refractivity contribution in [1.29, 1.82) is 0 Å². The highest BCUT2D eigenvalue weighted by Gasteiger charge is 2.20. The van der Waals surface area contributed by atoms with Crippen molar-refractivity contribution in [3.63, 3.8) is 0 Å². The Hall–Kier alpha value is -2.08. The molecular weight excluding hydrogens is 310 g/mol. The molecule has 0 aliphatic heterocycles. The molecule has 0 radical (unpaired) electrons. The summed E-state index contributed by atoms with van der Waals surface area (Å²) in [5, 5.41) is 12.0. The number of phenols is 1. The average molecular weight is 337 g/mol. The van der Waals surface area contributed by atoms with Gasteiger partial charge >= 0.3 is 5.97 Å². The molecule has 0 aliphatic rings. The number of nitrogens with one attached hydrogen (secondary N) is 1. The topological polar surface area (TPSA) is 84.9 Å². The largest absolute Gasteiger partial charge is 0.508 e. The third kappa shape index (κ3) is 7.97. The minimum Gasteiger partial charge on any atom is -0.508 e. The lowest BCUT2D eigenvalue weighted by Crippen LogP contribution is -2.35. The van der Waals surface area contributed by atoms with Gasteiger partial charge in [-0.05, 0) is 30.0 Å². The van der Waals surface area contributed by atoms with Crippen LogP contribution in [0.2, 0.25) is 0 Å². The van der Waals surface area contributed by atoms with E-state index in [9.17, 15) is 14.7 Å². The molecule has 6 nitrogen and oxygen atoms in total. The van der Waals surface area contributed by atoms with Gasteiger partial charge in [0.2, 0.25) is 5.91 Å². The molecule has 0 aliphatic carbocycles. The normalized spacial score (nSPS) is 12.0. The third-order valence-corrected chi connectivity index (χ3v) is 3.42. The number of hydrogen-bond acceptors (Lipinski definition) is 5. The number of methoxy groups -OCH3 is 1. The van der Waals surface area contributed by atoms with Crippen LogP contribution in [0, 0.1) is 11.8 Å². The first kappa shape index (κ1) is 20.0. The molecule has 0 aromatic heterocycles. The van der Waals surface area contributed by atoms with Crippen LogP contribution in [0.1, 0.15) is 25.8 Å². The lowest BCUT2D eigenvalue weighted by molar-refractivity contribution is -0.145. The minimum atomic E-state index is -0.472. The Bertz CT molecular complexity index is 513. The quantitative estimate of drug-likeness (QED) is 0.503. The lowest BCUT2D eigenvalue weighted by atomic mass is 9.99. The van der Waals surface area contributed by atoms with E-state index in [1.165, 1.54) is 7.11 Å². The summed E-state index contributed by atoms with van der Waals surface area (Å²) in [5.41, 5.74) is 0.887. The van der Waals surface area contributed by atoms with Gasteiger partial charge in [0.25, 0.3) is 0 Å². The van der Waals surface area contributed by atoms with Gasteiger partial charge in [-0.2, -0.15) is 0 Å². The van der Waals surface area contributed by atoms with E-state index in [0.29, 0.717) is 25.6 Å². The summed E-state index contributed by atoms with van der Waals surface area (Å²) in [7, 11) is 1.33. The van der Waals surface area contributed by atoms with Gasteiger partial charge in [-0.25, -0.2) is 0 Å². The van der Waals surface area contributed by atoms with E-state index in [0.717, 1.165) is 5.56 Å². The average Bonchev–Trinajstić information content (AvgIpc) is 2.56. The first-order valence-electron chi connectivity index (χ1n) is 8.12. The van der Waals surface area contributed by atoms with Gasteiger partial charge in [0.15, 0.2) is 0 Å². The van der Waals surface area contributed by atoms with Gasteiger partial charge in [-0.15, -0.1) is 0 Å². The van der Waals surface area contributed by atoms with Crippen LogP contribution in [0.3, 0.4) is 0 Å². The van der Waals surface area contributed by atoms with Crippen LogP contribution < -0.4 is 5.32 Å².